The molecule has 2 aromatic carbocycles. The lowest BCUT2D eigenvalue weighted by atomic mass is 10.1. The van der Waals surface area contributed by atoms with E-state index in [0.29, 0.717) is 16.9 Å². The second-order valence-corrected chi connectivity index (χ2v) is 4.14. The van der Waals surface area contributed by atoms with E-state index in [1.807, 2.05) is 0 Å². The Morgan fingerprint density at radius 1 is 1.24 bits per heavy atom. The number of nitrogens with one attached hydrogen (secondary N) is 1. The van der Waals surface area contributed by atoms with E-state index in [9.17, 15) is 14.9 Å². The molecule has 0 radical (unpaired) electrons. The molecule has 104 valence electrons. The van der Waals surface area contributed by atoms with Crippen LogP contribution >= 0.6 is 0 Å². The number of nitrogens with zero attached hydrogens (tertiary/aromatic N) is 1. The minimum atomic E-state index is -1.36. The van der Waals surface area contributed by atoms with Crippen LogP contribution in [0.1, 0.15) is 15.9 Å². The predicted molar refractivity (Wildman–Crippen MR) is 77.7 cm³/mol. The number of carbonyl (C=O) groups is 1. The third-order valence-electron chi connectivity index (χ3n) is 2.74. The van der Waals surface area contributed by atoms with Crippen LogP contribution in [-0.2, 0) is 0 Å². The molecule has 2 aromatic rings. The molecular weight excluding hydrogens is 272 g/mol. The number of rotatable bonds is 4. The Morgan fingerprint density at radius 2 is 1.95 bits per heavy atom. The molecule has 2 rings (SSSR count). The third-order valence-corrected chi connectivity index (χ3v) is 2.74. The number of nitro benzene ring substituents is 1. The highest BCUT2D eigenvalue weighted by Crippen LogP contribution is 2.25. The predicted octanol–water partition coefficient (Wildman–Crippen LogP) is 3.02. The molecule has 0 saturated heterocycles. The zero-order valence-electron chi connectivity index (χ0n) is 10.7. The summed E-state index contributed by atoms with van der Waals surface area (Å²) < 4.78 is 0. The number of anilines is 2. The summed E-state index contributed by atoms with van der Waals surface area (Å²) in [6.07, 6.45) is 5.30. The standard InChI is InChI=1S/C15H10N2O4/c1-2-10-4-3-5-11(8-10)16-12-6-7-14(17(20)21)13(9-12)15(18)19/h1,3-9,16H,(H,18,19). The molecular formula is C15H10N2O4. The van der Waals surface area contributed by atoms with Gasteiger partial charge < -0.3 is 10.4 Å². The van der Waals surface area contributed by atoms with E-state index in [-0.39, 0.29) is 5.56 Å². The number of carboxylic acid groups (broad SMARTS) is 1. The Labute approximate surface area is 120 Å². The van der Waals surface area contributed by atoms with E-state index in [4.69, 9.17) is 11.5 Å². The van der Waals surface area contributed by atoms with Crippen LogP contribution in [0.2, 0.25) is 0 Å². The van der Waals surface area contributed by atoms with Crippen LogP contribution in [-0.4, -0.2) is 16.0 Å². The van der Waals surface area contributed by atoms with E-state index in [1.165, 1.54) is 12.1 Å². The first-order valence-corrected chi connectivity index (χ1v) is 5.86. The van der Waals surface area contributed by atoms with Crippen LogP contribution < -0.4 is 5.32 Å². The van der Waals surface area contributed by atoms with Gasteiger partial charge in [-0.3, -0.25) is 10.1 Å². The number of hydrogen-bond acceptors (Lipinski definition) is 4. The number of aromatic carboxylic acids is 1. The number of hydrogen-bond donors (Lipinski definition) is 2. The third kappa shape index (κ3) is 3.16. The Kier molecular flexibility index (Phi) is 3.86. The van der Waals surface area contributed by atoms with Crippen molar-refractivity contribution in [3.63, 3.8) is 0 Å². The highest BCUT2D eigenvalue weighted by Gasteiger charge is 2.19. The van der Waals surface area contributed by atoms with Crippen LogP contribution in [0.15, 0.2) is 42.5 Å². The SMILES string of the molecule is C#Cc1cccc(Nc2ccc([N+](=O)[O-])c(C(=O)O)c2)c1. The van der Waals surface area contributed by atoms with E-state index in [2.05, 4.69) is 11.2 Å². The maximum atomic E-state index is 11.1. The fourth-order valence-electron chi connectivity index (χ4n) is 1.80. The summed E-state index contributed by atoms with van der Waals surface area (Å²) in [5, 5.41) is 22.8. The monoisotopic (exact) mass is 282 g/mol. The van der Waals surface area contributed by atoms with Gasteiger partial charge in [-0.25, -0.2) is 4.79 Å². The fraction of sp³-hybridized carbons (Fsp3) is 0. The molecule has 0 saturated carbocycles. The summed E-state index contributed by atoms with van der Waals surface area (Å²) in [4.78, 5) is 21.1. The zero-order valence-corrected chi connectivity index (χ0v) is 10.7. The van der Waals surface area contributed by atoms with Crippen molar-refractivity contribution in [3.05, 3.63) is 63.7 Å². The van der Waals surface area contributed by atoms with Crippen LogP contribution in [0.3, 0.4) is 0 Å². The van der Waals surface area contributed by atoms with Gasteiger partial charge in [0.2, 0.25) is 0 Å². The van der Waals surface area contributed by atoms with Crippen molar-refractivity contribution in [2.75, 3.05) is 5.32 Å². The summed E-state index contributed by atoms with van der Waals surface area (Å²) >= 11 is 0. The summed E-state index contributed by atoms with van der Waals surface area (Å²) in [7, 11) is 0. The first-order chi connectivity index (χ1) is 10.0. The van der Waals surface area contributed by atoms with Crippen LogP contribution in [0, 0.1) is 22.5 Å². The van der Waals surface area contributed by atoms with Gasteiger partial charge in [0.1, 0.15) is 5.56 Å². The number of carboxylic acids is 1. The van der Waals surface area contributed by atoms with E-state index < -0.39 is 16.6 Å². The van der Waals surface area contributed by atoms with Gasteiger partial charge >= 0.3 is 5.97 Å². The van der Waals surface area contributed by atoms with Crippen LogP contribution in [0.4, 0.5) is 17.1 Å². The van der Waals surface area contributed by atoms with Crippen molar-refractivity contribution in [3.8, 4) is 12.3 Å². The lowest BCUT2D eigenvalue weighted by molar-refractivity contribution is -0.385. The van der Waals surface area contributed by atoms with Gasteiger partial charge in [0.05, 0.1) is 4.92 Å². The molecule has 0 aliphatic rings. The quantitative estimate of drug-likeness (QED) is 0.511. The minimum Gasteiger partial charge on any atom is -0.477 e. The lowest BCUT2D eigenvalue weighted by Crippen LogP contribution is -2.03. The van der Waals surface area contributed by atoms with E-state index >= 15 is 0 Å². The summed E-state index contributed by atoms with van der Waals surface area (Å²) in [5.41, 5.74) is 0.923. The smallest absolute Gasteiger partial charge is 0.342 e. The molecule has 0 aliphatic carbocycles. The maximum absolute atomic E-state index is 11.1. The lowest BCUT2D eigenvalue weighted by Gasteiger charge is -2.08. The average molecular weight is 282 g/mol. The highest BCUT2D eigenvalue weighted by atomic mass is 16.6. The van der Waals surface area contributed by atoms with Crippen molar-refractivity contribution in [2.24, 2.45) is 0 Å². The van der Waals surface area contributed by atoms with Crippen molar-refractivity contribution in [1.29, 1.82) is 0 Å². The molecule has 0 spiro atoms. The van der Waals surface area contributed by atoms with Gasteiger partial charge in [0, 0.05) is 23.0 Å². The molecule has 2 N–H and O–H groups in total. The van der Waals surface area contributed by atoms with Crippen LogP contribution in [0.25, 0.3) is 0 Å². The van der Waals surface area contributed by atoms with Crippen molar-refractivity contribution in [2.45, 2.75) is 0 Å². The van der Waals surface area contributed by atoms with Gasteiger partial charge in [-0.05, 0) is 30.3 Å². The van der Waals surface area contributed by atoms with Gasteiger partial charge in [0.15, 0.2) is 0 Å². The second-order valence-electron chi connectivity index (χ2n) is 4.14. The topological polar surface area (TPSA) is 92.5 Å². The Hall–Kier alpha value is -3.33. The fourth-order valence-corrected chi connectivity index (χ4v) is 1.80. The molecule has 0 bridgehead atoms. The molecule has 21 heavy (non-hydrogen) atoms. The summed E-state index contributed by atoms with van der Waals surface area (Å²) in [6.45, 7) is 0. The normalized spacial score (nSPS) is 9.67. The van der Waals surface area contributed by atoms with Gasteiger partial charge in [0.25, 0.3) is 5.69 Å². The zero-order chi connectivity index (χ0) is 15.4. The molecule has 6 nitrogen and oxygen atoms in total. The van der Waals surface area contributed by atoms with E-state index in [1.54, 1.807) is 24.3 Å². The molecule has 0 aliphatic heterocycles. The molecule has 0 atom stereocenters. The molecule has 0 amide bonds. The molecule has 6 heteroatoms. The average Bonchev–Trinajstić information content (AvgIpc) is 2.47. The van der Waals surface area contributed by atoms with Crippen molar-refractivity contribution >= 4 is 23.0 Å². The van der Waals surface area contributed by atoms with Crippen molar-refractivity contribution < 1.29 is 14.8 Å². The molecule has 0 aromatic heterocycles. The van der Waals surface area contributed by atoms with Crippen molar-refractivity contribution in [1.82, 2.24) is 0 Å². The minimum absolute atomic E-state index is 0.377. The first-order valence-electron chi connectivity index (χ1n) is 5.86. The Balaban J connectivity index is 2.37. The highest BCUT2D eigenvalue weighted by molar-refractivity contribution is 5.93. The molecule has 0 fully saturated rings. The molecule has 0 unspecified atom stereocenters. The number of nitro groups is 1. The number of terminal acetylenes is 1. The number of benzene rings is 2. The largest absolute Gasteiger partial charge is 0.477 e. The summed E-state index contributed by atoms with van der Waals surface area (Å²) in [6, 6.07) is 10.8. The van der Waals surface area contributed by atoms with E-state index in [0.717, 1.165) is 6.07 Å². The van der Waals surface area contributed by atoms with Crippen LogP contribution in [0.5, 0.6) is 0 Å². The van der Waals surface area contributed by atoms with Gasteiger partial charge in [-0.2, -0.15) is 0 Å². The Bertz CT molecular complexity index is 763. The maximum Gasteiger partial charge on any atom is 0.342 e. The molecule has 0 heterocycles. The first kappa shape index (κ1) is 14.1. The Morgan fingerprint density at radius 3 is 2.57 bits per heavy atom. The van der Waals surface area contributed by atoms with Gasteiger partial charge in [-0.1, -0.05) is 12.0 Å². The summed E-state index contributed by atoms with van der Waals surface area (Å²) in [5.74, 6) is 1.12. The van der Waals surface area contributed by atoms with Gasteiger partial charge in [-0.15, -0.1) is 6.42 Å². The second kappa shape index (κ2) is 5.75.